The first-order valence-corrected chi connectivity index (χ1v) is 6.31. The first kappa shape index (κ1) is 13.1. The molecule has 1 amide bonds. The minimum Gasteiger partial charge on any atom is -0.396 e. The standard InChI is InChI=1S/C13H21N3O2/c1-12(2,3)16-7-10(6-15-16)11(18)14-8-13(9-17)4-5-13/h6-7,17H,4-5,8-9H2,1-3H3,(H,14,18). The van der Waals surface area contributed by atoms with E-state index in [2.05, 4.69) is 10.4 Å². The van der Waals surface area contributed by atoms with E-state index in [9.17, 15) is 9.90 Å². The second-order valence-electron chi connectivity index (χ2n) is 6.19. The molecule has 1 aliphatic carbocycles. The molecule has 1 aromatic rings. The van der Waals surface area contributed by atoms with E-state index in [4.69, 9.17) is 0 Å². The lowest BCUT2D eigenvalue weighted by molar-refractivity contribution is 0.0935. The number of carbonyl (C=O) groups is 1. The van der Waals surface area contributed by atoms with Gasteiger partial charge in [-0.3, -0.25) is 9.48 Å². The van der Waals surface area contributed by atoms with Gasteiger partial charge in [0.1, 0.15) is 0 Å². The van der Waals surface area contributed by atoms with Crippen molar-refractivity contribution < 1.29 is 9.90 Å². The van der Waals surface area contributed by atoms with Crippen LogP contribution in [0.3, 0.4) is 0 Å². The quantitative estimate of drug-likeness (QED) is 0.843. The Morgan fingerprint density at radius 3 is 2.67 bits per heavy atom. The van der Waals surface area contributed by atoms with Crippen molar-refractivity contribution in [2.75, 3.05) is 13.2 Å². The third-order valence-corrected chi connectivity index (χ3v) is 3.45. The Bertz CT molecular complexity index is 441. The molecule has 0 bridgehead atoms. The average Bonchev–Trinajstić information content (AvgIpc) is 2.90. The molecule has 1 fully saturated rings. The van der Waals surface area contributed by atoms with Crippen molar-refractivity contribution >= 4 is 5.91 Å². The van der Waals surface area contributed by atoms with Gasteiger partial charge in [-0.25, -0.2) is 0 Å². The van der Waals surface area contributed by atoms with Gasteiger partial charge in [-0.05, 0) is 33.6 Å². The molecular formula is C13H21N3O2. The van der Waals surface area contributed by atoms with Crippen LogP contribution in [0.25, 0.3) is 0 Å². The van der Waals surface area contributed by atoms with Crippen LogP contribution in [0.1, 0.15) is 44.0 Å². The fourth-order valence-electron chi connectivity index (χ4n) is 1.74. The van der Waals surface area contributed by atoms with Gasteiger partial charge in [-0.15, -0.1) is 0 Å². The zero-order chi connectivity index (χ0) is 13.4. The fraction of sp³-hybridized carbons (Fsp3) is 0.692. The van der Waals surface area contributed by atoms with Crippen molar-refractivity contribution in [1.82, 2.24) is 15.1 Å². The molecule has 1 heterocycles. The fourth-order valence-corrected chi connectivity index (χ4v) is 1.74. The molecule has 2 rings (SSSR count). The highest BCUT2D eigenvalue weighted by molar-refractivity contribution is 5.93. The van der Waals surface area contributed by atoms with E-state index in [1.165, 1.54) is 0 Å². The molecule has 0 spiro atoms. The van der Waals surface area contributed by atoms with Crippen LogP contribution in [0.4, 0.5) is 0 Å². The van der Waals surface area contributed by atoms with Crippen LogP contribution in [-0.2, 0) is 5.54 Å². The number of aliphatic hydroxyl groups is 1. The van der Waals surface area contributed by atoms with Gasteiger partial charge in [0.15, 0.2) is 0 Å². The number of aliphatic hydroxyl groups excluding tert-OH is 1. The van der Waals surface area contributed by atoms with E-state index in [1.54, 1.807) is 17.1 Å². The van der Waals surface area contributed by atoms with E-state index in [0.29, 0.717) is 12.1 Å². The number of nitrogens with one attached hydrogen (secondary N) is 1. The van der Waals surface area contributed by atoms with Crippen molar-refractivity contribution in [3.05, 3.63) is 18.0 Å². The van der Waals surface area contributed by atoms with E-state index in [-0.39, 0.29) is 23.5 Å². The van der Waals surface area contributed by atoms with E-state index < -0.39 is 0 Å². The maximum Gasteiger partial charge on any atom is 0.254 e. The topological polar surface area (TPSA) is 67.2 Å². The van der Waals surface area contributed by atoms with E-state index in [1.807, 2.05) is 20.8 Å². The Hall–Kier alpha value is -1.36. The Balaban J connectivity index is 1.95. The summed E-state index contributed by atoms with van der Waals surface area (Å²) in [6, 6.07) is 0. The third kappa shape index (κ3) is 2.72. The van der Waals surface area contributed by atoms with Crippen LogP contribution in [0, 0.1) is 5.41 Å². The number of rotatable bonds is 4. The van der Waals surface area contributed by atoms with Crippen LogP contribution in [0.5, 0.6) is 0 Å². The highest BCUT2D eigenvalue weighted by Crippen LogP contribution is 2.44. The van der Waals surface area contributed by atoms with Gasteiger partial charge in [0, 0.05) is 18.2 Å². The van der Waals surface area contributed by atoms with Gasteiger partial charge in [0.25, 0.3) is 5.91 Å². The second kappa shape index (κ2) is 4.39. The Labute approximate surface area is 107 Å². The van der Waals surface area contributed by atoms with Crippen molar-refractivity contribution in [2.24, 2.45) is 5.41 Å². The molecule has 0 radical (unpaired) electrons. The summed E-state index contributed by atoms with van der Waals surface area (Å²) in [5.41, 5.74) is 0.385. The average molecular weight is 251 g/mol. The van der Waals surface area contributed by atoms with Gasteiger partial charge >= 0.3 is 0 Å². The van der Waals surface area contributed by atoms with E-state index in [0.717, 1.165) is 12.8 Å². The number of hydrogen-bond acceptors (Lipinski definition) is 3. The number of amides is 1. The van der Waals surface area contributed by atoms with Gasteiger partial charge in [-0.2, -0.15) is 5.10 Å². The minimum atomic E-state index is -0.124. The molecule has 0 atom stereocenters. The molecule has 18 heavy (non-hydrogen) atoms. The zero-order valence-corrected chi connectivity index (χ0v) is 11.2. The van der Waals surface area contributed by atoms with Crippen LogP contribution in [-0.4, -0.2) is 33.9 Å². The molecule has 5 nitrogen and oxygen atoms in total. The Morgan fingerprint density at radius 1 is 1.56 bits per heavy atom. The molecule has 0 aromatic carbocycles. The number of aromatic nitrogens is 2. The van der Waals surface area contributed by atoms with Crippen molar-refractivity contribution in [1.29, 1.82) is 0 Å². The van der Waals surface area contributed by atoms with Crippen LogP contribution in [0.15, 0.2) is 12.4 Å². The number of nitrogens with zero attached hydrogens (tertiary/aromatic N) is 2. The molecular weight excluding hydrogens is 230 g/mol. The molecule has 0 aliphatic heterocycles. The van der Waals surface area contributed by atoms with Gasteiger partial charge in [-0.1, -0.05) is 0 Å². The summed E-state index contributed by atoms with van der Waals surface area (Å²) >= 11 is 0. The largest absolute Gasteiger partial charge is 0.396 e. The van der Waals surface area contributed by atoms with Crippen molar-refractivity contribution in [3.63, 3.8) is 0 Å². The van der Waals surface area contributed by atoms with Gasteiger partial charge < -0.3 is 10.4 Å². The summed E-state index contributed by atoms with van der Waals surface area (Å²) in [5.74, 6) is -0.120. The van der Waals surface area contributed by atoms with Crippen molar-refractivity contribution in [2.45, 2.75) is 39.2 Å². The highest BCUT2D eigenvalue weighted by atomic mass is 16.3. The zero-order valence-electron chi connectivity index (χ0n) is 11.2. The first-order valence-electron chi connectivity index (χ1n) is 6.31. The lowest BCUT2D eigenvalue weighted by Gasteiger charge is -2.18. The summed E-state index contributed by atoms with van der Waals surface area (Å²) in [6.45, 7) is 6.80. The summed E-state index contributed by atoms with van der Waals surface area (Å²) in [4.78, 5) is 11.9. The summed E-state index contributed by atoms with van der Waals surface area (Å²) in [7, 11) is 0. The third-order valence-electron chi connectivity index (χ3n) is 3.45. The molecule has 2 N–H and O–H groups in total. The monoisotopic (exact) mass is 251 g/mol. The van der Waals surface area contributed by atoms with Gasteiger partial charge in [0.2, 0.25) is 0 Å². The maximum atomic E-state index is 11.9. The number of hydrogen-bond donors (Lipinski definition) is 2. The molecule has 5 heteroatoms. The molecule has 100 valence electrons. The second-order valence-corrected chi connectivity index (χ2v) is 6.19. The molecule has 1 aliphatic rings. The maximum absolute atomic E-state index is 11.9. The minimum absolute atomic E-state index is 0.0598. The van der Waals surface area contributed by atoms with E-state index >= 15 is 0 Å². The molecule has 0 unspecified atom stereocenters. The molecule has 1 saturated carbocycles. The number of carbonyl (C=O) groups excluding carboxylic acids is 1. The summed E-state index contributed by atoms with van der Waals surface area (Å²) < 4.78 is 1.78. The Kier molecular flexibility index (Phi) is 3.19. The van der Waals surface area contributed by atoms with Crippen LogP contribution >= 0.6 is 0 Å². The first-order chi connectivity index (χ1) is 8.36. The van der Waals surface area contributed by atoms with Crippen LogP contribution in [0.2, 0.25) is 0 Å². The van der Waals surface area contributed by atoms with Gasteiger partial charge in [0.05, 0.1) is 23.9 Å². The smallest absolute Gasteiger partial charge is 0.254 e. The lowest BCUT2D eigenvalue weighted by atomic mass is 10.1. The predicted molar refractivity (Wildman–Crippen MR) is 68.3 cm³/mol. The molecule has 0 saturated heterocycles. The van der Waals surface area contributed by atoms with Crippen molar-refractivity contribution in [3.8, 4) is 0 Å². The molecule has 1 aromatic heterocycles. The normalized spacial score (nSPS) is 17.6. The highest BCUT2D eigenvalue weighted by Gasteiger charge is 2.42. The summed E-state index contributed by atoms with van der Waals surface area (Å²) in [5, 5.41) is 16.2. The lowest BCUT2D eigenvalue weighted by Crippen LogP contribution is -2.31. The van der Waals surface area contributed by atoms with Crippen LogP contribution < -0.4 is 5.32 Å². The summed E-state index contributed by atoms with van der Waals surface area (Å²) in [6.07, 6.45) is 5.32. The Morgan fingerprint density at radius 2 is 2.22 bits per heavy atom. The SMILES string of the molecule is CC(C)(C)n1cc(C(=O)NCC2(CO)CC2)cn1. The predicted octanol–water partition coefficient (Wildman–Crippen LogP) is 1.14.